The van der Waals surface area contributed by atoms with Crippen molar-refractivity contribution in [3.8, 4) is 0 Å². The molecule has 0 aromatic carbocycles. The molecule has 0 spiro atoms. The van der Waals surface area contributed by atoms with E-state index in [9.17, 15) is 14.4 Å². The van der Waals surface area contributed by atoms with Gasteiger partial charge >= 0.3 is 17.9 Å². The molecule has 0 amide bonds. The summed E-state index contributed by atoms with van der Waals surface area (Å²) < 4.78 is 16.9. The molecule has 0 aliphatic carbocycles. The van der Waals surface area contributed by atoms with Gasteiger partial charge in [-0.3, -0.25) is 14.4 Å². The Kier molecular flexibility index (Phi) is 60.7. The molecule has 6 nitrogen and oxygen atoms in total. The van der Waals surface area contributed by atoms with Crippen molar-refractivity contribution in [3.05, 3.63) is 48.6 Å². The Balaban J connectivity index is 4.28. The SMILES string of the molecule is CCCCC/C=C\CCCCCCCC(=O)OCC(COC(=O)CCCCCCCCCCCCC/C=C\CCCCCCCCCC)OC(=O)CCCCCCCCCCC/C=C\C/C=C\CCCCCCC. The lowest BCUT2D eigenvalue weighted by Gasteiger charge is -2.18. The quantitative estimate of drug-likeness (QED) is 0.0261. The zero-order valence-corrected chi connectivity index (χ0v) is 49.6. The van der Waals surface area contributed by atoms with E-state index in [4.69, 9.17) is 14.2 Å². The highest BCUT2D eigenvalue weighted by atomic mass is 16.6. The molecule has 6 heteroatoms. The second-order valence-electron chi connectivity index (χ2n) is 22.0. The van der Waals surface area contributed by atoms with Crippen LogP contribution in [0, 0.1) is 0 Å². The summed E-state index contributed by atoms with van der Waals surface area (Å²) in [6.07, 6.45) is 78.3. The summed E-state index contributed by atoms with van der Waals surface area (Å²) in [7, 11) is 0. The lowest BCUT2D eigenvalue weighted by molar-refractivity contribution is -0.167. The number of ether oxygens (including phenoxy) is 3. The molecule has 0 N–H and O–H groups in total. The normalized spacial score (nSPS) is 12.3. The van der Waals surface area contributed by atoms with Gasteiger partial charge in [0, 0.05) is 19.3 Å². The molecule has 0 aliphatic rings. The van der Waals surface area contributed by atoms with E-state index in [2.05, 4.69) is 69.4 Å². The van der Waals surface area contributed by atoms with Gasteiger partial charge in [0.25, 0.3) is 0 Å². The van der Waals surface area contributed by atoms with E-state index in [-0.39, 0.29) is 31.1 Å². The third-order valence-corrected chi connectivity index (χ3v) is 14.5. The van der Waals surface area contributed by atoms with Gasteiger partial charge in [-0.05, 0) is 103 Å². The van der Waals surface area contributed by atoms with E-state index in [1.54, 1.807) is 0 Å². The molecule has 0 aromatic heterocycles. The van der Waals surface area contributed by atoms with E-state index in [0.717, 1.165) is 70.6 Å². The second kappa shape index (κ2) is 62.9. The van der Waals surface area contributed by atoms with E-state index in [1.165, 1.54) is 238 Å². The van der Waals surface area contributed by atoms with Crippen molar-refractivity contribution in [2.24, 2.45) is 0 Å². The van der Waals surface area contributed by atoms with Crippen molar-refractivity contribution in [1.29, 1.82) is 0 Å². The number of esters is 3. The van der Waals surface area contributed by atoms with Crippen LogP contribution in [0.1, 0.15) is 348 Å². The molecule has 1 atom stereocenters. The highest BCUT2D eigenvalue weighted by Crippen LogP contribution is 2.17. The van der Waals surface area contributed by atoms with Crippen molar-refractivity contribution < 1.29 is 28.6 Å². The molecular weight excluding hydrogens is 913 g/mol. The van der Waals surface area contributed by atoms with Gasteiger partial charge in [0.1, 0.15) is 13.2 Å². The molecule has 74 heavy (non-hydrogen) atoms. The van der Waals surface area contributed by atoms with Crippen LogP contribution in [0.2, 0.25) is 0 Å². The number of unbranched alkanes of at least 4 members (excludes halogenated alkanes) is 41. The zero-order chi connectivity index (χ0) is 53.6. The van der Waals surface area contributed by atoms with Crippen LogP contribution in [0.5, 0.6) is 0 Å². The van der Waals surface area contributed by atoms with E-state index in [0.29, 0.717) is 19.3 Å². The van der Waals surface area contributed by atoms with Gasteiger partial charge in [0.15, 0.2) is 6.10 Å². The fourth-order valence-corrected chi connectivity index (χ4v) is 9.58. The first-order valence-electron chi connectivity index (χ1n) is 32.6. The number of hydrogen-bond acceptors (Lipinski definition) is 6. The predicted octanol–water partition coefficient (Wildman–Crippen LogP) is 22.2. The first-order valence-corrected chi connectivity index (χ1v) is 32.6. The third kappa shape index (κ3) is 60.2. The first-order chi connectivity index (χ1) is 36.5. The maximum atomic E-state index is 12.9. The van der Waals surface area contributed by atoms with Crippen LogP contribution in [0.15, 0.2) is 48.6 Å². The van der Waals surface area contributed by atoms with Crippen LogP contribution in [-0.4, -0.2) is 37.2 Å². The number of hydrogen-bond donors (Lipinski definition) is 0. The molecule has 0 bridgehead atoms. The molecule has 0 aliphatic heterocycles. The van der Waals surface area contributed by atoms with Gasteiger partial charge in [-0.2, -0.15) is 0 Å². The van der Waals surface area contributed by atoms with Crippen LogP contribution in [0.3, 0.4) is 0 Å². The average Bonchev–Trinajstić information content (AvgIpc) is 3.40. The molecule has 0 aromatic rings. The first kappa shape index (κ1) is 71.4. The van der Waals surface area contributed by atoms with Crippen LogP contribution < -0.4 is 0 Å². The molecule has 0 saturated carbocycles. The Labute approximate surface area is 460 Å². The highest BCUT2D eigenvalue weighted by molar-refractivity contribution is 5.71. The Bertz CT molecular complexity index is 1280. The van der Waals surface area contributed by atoms with Gasteiger partial charge in [0.2, 0.25) is 0 Å². The molecular formula is C68H124O6. The van der Waals surface area contributed by atoms with Crippen molar-refractivity contribution in [1.82, 2.24) is 0 Å². The Morgan fingerprint density at radius 2 is 0.486 bits per heavy atom. The Morgan fingerprint density at radius 3 is 0.784 bits per heavy atom. The molecule has 0 radical (unpaired) electrons. The van der Waals surface area contributed by atoms with E-state index in [1.807, 2.05) is 0 Å². The third-order valence-electron chi connectivity index (χ3n) is 14.5. The van der Waals surface area contributed by atoms with E-state index >= 15 is 0 Å². The van der Waals surface area contributed by atoms with Gasteiger partial charge in [-0.25, -0.2) is 0 Å². The van der Waals surface area contributed by atoms with Gasteiger partial charge in [-0.15, -0.1) is 0 Å². The predicted molar refractivity (Wildman–Crippen MR) is 321 cm³/mol. The molecule has 432 valence electrons. The maximum Gasteiger partial charge on any atom is 0.306 e. The van der Waals surface area contributed by atoms with Crippen LogP contribution in [-0.2, 0) is 28.6 Å². The van der Waals surface area contributed by atoms with Crippen LogP contribution >= 0.6 is 0 Å². The van der Waals surface area contributed by atoms with Crippen molar-refractivity contribution in [3.63, 3.8) is 0 Å². The summed E-state index contributed by atoms with van der Waals surface area (Å²) in [4.78, 5) is 38.3. The van der Waals surface area contributed by atoms with E-state index < -0.39 is 6.10 Å². The minimum Gasteiger partial charge on any atom is -0.462 e. The molecule has 0 saturated heterocycles. The van der Waals surface area contributed by atoms with Gasteiger partial charge in [-0.1, -0.05) is 275 Å². The fraction of sp³-hybridized carbons (Fsp3) is 0.838. The molecule has 1 unspecified atom stereocenters. The number of carbonyl (C=O) groups is 3. The van der Waals surface area contributed by atoms with Crippen molar-refractivity contribution in [2.75, 3.05) is 13.2 Å². The lowest BCUT2D eigenvalue weighted by Crippen LogP contribution is -2.30. The summed E-state index contributed by atoms with van der Waals surface area (Å²) in [5.74, 6) is -0.871. The van der Waals surface area contributed by atoms with Crippen LogP contribution in [0.4, 0.5) is 0 Å². The Morgan fingerprint density at radius 1 is 0.270 bits per heavy atom. The summed E-state index contributed by atoms with van der Waals surface area (Å²) in [6.45, 7) is 6.64. The average molecular weight is 1040 g/mol. The minimum atomic E-state index is -0.779. The second-order valence-corrected chi connectivity index (χ2v) is 22.0. The fourth-order valence-electron chi connectivity index (χ4n) is 9.58. The minimum absolute atomic E-state index is 0.0755. The molecule has 0 heterocycles. The van der Waals surface area contributed by atoms with Gasteiger partial charge in [0.05, 0.1) is 0 Å². The lowest BCUT2D eigenvalue weighted by atomic mass is 10.0. The highest BCUT2D eigenvalue weighted by Gasteiger charge is 2.19. The zero-order valence-electron chi connectivity index (χ0n) is 49.6. The number of allylic oxidation sites excluding steroid dienone is 8. The summed E-state index contributed by atoms with van der Waals surface area (Å²) in [6, 6.07) is 0. The summed E-state index contributed by atoms with van der Waals surface area (Å²) >= 11 is 0. The largest absolute Gasteiger partial charge is 0.462 e. The maximum absolute atomic E-state index is 12.9. The smallest absolute Gasteiger partial charge is 0.306 e. The summed E-state index contributed by atoms with van der Waals surface area (Å²) in [5, 5.41) is 0. The monoisotopic (exact) mass is 1040 g/mol. The van der Waals surface area contributed by atoms with Crippen molar-refractivity contribution >= 4 is 17.9 Å². The molecule has 0 fully saturated rings. The Hall–Kier alpha value is -2.63. The standard InChI is InChI=1S/C68H124O6/c1-4-7-10-13-16-19-22-25-27-29-31-33-34-36-37-39-41-43-46-49-52-55-58-61-67(70)73-64-65(63-72-66(69)60-57-54-51-48-45-24-21-18-15-12-9-6-3)74-68(71)62-59-56-53-50-47-44-42-40-38-35-32-30-28-26-23-20-17-14-11-8-5-2/h18,21,23,26,29-32,65H,4-17,19-20,22,24-25,27-28,33-64H2,1-3H3/b21-18-,26-23-,31-29-,32-30-. The number of carbonyl (C=O) groups excluding carboxylic acids is 3. The topological polar surface area (TPSA) is 78.9 Å². The summed E-state index contributed by atoms with van der Waals surface area (Å²) in [5.41, 5.74) is 0. The van der Waals surface area contributed by atoms with Crippen LogP contribution in [0.25, 0.3) is 0 Å². The van der Waals surface area contributed by atoms with Crippen molar-refractivity contribution in [2.45, 2.75) is 354 Å². The molecule has 0 rings (SSSR count). The van der Waals surface area contributed by atoms with Gasteiger partial charge < -0.3 is 14.2 Å². The number of rotatable bonds is 60.